The molecule has 3 aromatic rings. The Hall–Kier alpha value is -4.79. The lowest BCUT2D eigenvalue weighted by Gasteiger charge is -2.23. The minimum atomic E-state index is -1.33. The number of aromatic nitrogens is 1. The van der Waals surface area contributed by atoms with Gasteiger partial charge in [-0.05, 0) is 86.2 Å². The van der Waals surface area contributed by atoms with Crippen LogP contribution in [0.25, 0.3) is 27.7 Å². The van der Waals surface area contributed by atoms with Crippen LogP contribution in [0.15, 0.2) is 89.5 Å². The van der Waals surface area contributed by atoms with Crippen LogP contribution in [0.4, 0.5) is 0 Å². The van der Waals surface area contributed by atoms with Crippen molar-refractivity contribution >= 4 is 22.5 Å². The molecule has 41 heavy (non-hydrogen) atoms. The molecule has 2 heterocycles. The van der Waals surface area contributed by atoms with Crippen molar-refractivity contribution in [1.29, 1.82) is 5.53 Å². The normalized spacial score (nSPS) is 14.1. The molecule has 1 aromatic heterocycles. The minimum Gasteiger partial charge on any atom is -0.381 e. The van der Waals surface area contributed by atoms with Crippen LogP contribution in [0, 0.1) is 22.6 Å². The third-order valence-corrected chi connectivity index (χ3v) is 7.44. The molecule has 1 aliphatic heterocycles. The van der Waals surface area contributed by atoms with Gasteiger partial charge in [-0.25, -0.2) is 10.3 Å². The monoisotopic (exact) mass is 552 g/mol. The predicted octanol–water partition coefficient (Wildman–Crippen LogP) is 6.84. The standard InChI is InChI=1S/C32H36N6O3/c1-18(2)37-17-20(4)31-27(22(6)34-16-28-19(3)12-21(5)35-23(28)7)14-26(15-30(31)37)25-10-8-24(9-11-25)13-29(36-33)32(39)38(40)41/h8-12,14-15,17-18,29,33-35H,6-7,13,16H2,1-5H3/t29-/m1/s1. The fraction of sp³-hybridized carbons (Fsp3) is 0.281. The molecule has 9 heteroatoms. The fourth-order valence-electron chi connectivity index (χ4n) is 5.32. The molecule has 0 aliphatic carbocycles. The molecular weight excluding hydrogens is 516 g/mol. The summed E-state index contributed by atoms with van der Waals surface area (Å²) in [5, 5.41) is 22.0. The second kappa shape index (κ2) is 11.8. The van der Waals surface area contributed by atoms with Gasteiger partial charge in [-0.2, -0.15) is 5.11 Å². The molecule has 9 nitrogen and oxygen atoms in total. The summed E-state index contributed by atoms with van der Waals surface area (Å²) in [4.78, 5) is 21.6. The Morgan fingerprint density at radius 1 is 1.17 bits per heavy atom. The lowest BCUT2D eigenvalue weighted by molar-refractivity contribution is -0.403. The number of amides is 1. The number of carbonyl (C=O) groups is 1. The average Bonchev–Trinajstić information content (AvgIpc) is 3.27. The van der Waals surface area contributed by atoms with E-state index >= 15 is 0 Å². The molecule has 1 atom stereocenters. The van der Waals surface area contributed by atoms with Gasteiger partial charge in [-0.1, -0.05) is 37.4 Å². The van der Waals surface area contributed by atoms with Gasteiger partial charge in [0, 0.05) is 58.8 Å². The van der Waals surface area contributed by atoms with Crippen molar-refractivity contribution < 1.29 is 9.72 Å². The molecule has 3 N–H and O–H groups in total. The summed E-state index contributed by atoms with van der Waals surface area (Å²) in [6, 6.07) is 10.7. The number of carbonyl (C=O) groups excluding carboxylic acids is 1. The summed E-state index contributed by atoms with van der Waals surface area (Å²) >= 11 is 0. The zero-order chi connectivity index (χ0) is 30.0. The van der Waals surface area contributed by atoms with Crippen molar-refractivity contribution in [3.63, 3.8) is 0 Å². The van der Waals surface area contributed by atoms with Crippen LogP contribution in [-0.2, 0) is 11.2 Å². The quantitative estimate of drug-likeness (QED) is 0.144. The summed E-state index contributed by atoms with van der Waals surface area (Å²) in [6.07, 6.45) is 4.27. The van der Waals surface area contributed by atoms with Crippen molar-refractivity contribution in [2.75, 3.05) is 6.54 Å². The van der Waals surface area contributed by atoms with Gasteiger partial charge in [0.2, 0.25) is 6.04 Å². The van der Waals surface area contributed by atoms with E-state index in [9.17, 15) is 14.9 Å². The second-order valence-electron chi connectivity index (χ2n) is 10.8. The van der Waals surface area contributed by atoms with Gasteiger partial charge in [0.15, 0.2) is 0 Å². The van der Waals surface area contributed by atoms with Crippen LogP contribution in [0.5, 0.6) is 0 Å². The molecular formula is C32H36N6O3. The van der Waals surface area contributed by atoms with E-state index in [1.54, 1.807) is 0 Å². The van der Waals surface area contributed by atoms with Gasteiger partial charge >= 0.3 is 5.91 Å². The maximum absolute atomic E-state index is 11.7. The van der Waals surface area contributed by atoms with Crippen LogP contribution in [0.1, 0.15) is 50.4 Å². The largest absolute Gasteiger partial charge is 0.470 e. The van der Waals surface area contributed by atoms with Gasteiger partial charge in [0.05, 0.1) is 0 Å². The Balaban J connectivity index is 1.71. The molecule has 2 aromatic carbocycles. The lowest BCUT2D eigenvalue weighted by atomic mass is 9.95. The lowest BCUT2D eigenvalue weighted by Crippen LogP contribution is -2.27. The van der Waals surface area contributed by atoms with Crippen LogP contribution in [0.3, 0.4) is 0 Å². The van der Waals surface area contributed by atoms with E-state index in [4.69, 9.17) is 5.53 Å². The number of hydrogen-bond acceptors (Lipinski definition) is 7. The predicted molar refractivity (Wildman–Crippen MR) is 163 cm³/mol. The maximum atomic E-state index is 11.7. The molecule has 0 bridgehead atoms. The van der Waals surface area contributed by atoms with E-state index in [1.165, 1.54) is 0 Å². The smallest absolute Gasteiger partial charge is 0.381 e. The molecule has 0 fully saturated rings. The summed E-state index contributed by atoms with van der Waals surface area (Å²) in [6.45, 7) is 19.7. The molecule has 4 rings (SSSR count). The number of hydrogen-bond donors (Lipinski definition) is 3. The van der Waals surface area contributed by atoms with Crippen molar-refractivity contribution in [3.05, 3.63) is 111 Å². The first-order valence-corrected chi connectivity index (χ1v) is 13.5. The van der Waals surface area contributed by atoms with Crippen LogP contribution in [0.2, 0.25) is 0 Å². The molecule has 0 unspecified atom stereocenters. The minimum absolute atomic E-state index is 0.00582. The Labute approximate surface area is 240 Å². The summed E-state index contributed by atoms with van der Waals surface area (Å²) in [5.74, 6) is -1.28. The Bertz CT molecular complexity index is 1640. The summed E-state index contributed by atoms with van der Waals surface area (Å²) < 4.78 is 2.26. The molecule has 1 amide bonds. The number of nitrogens with one attached hydrogen (secondary N) is 3. The Morgan fingerprint density at radius 2 is 1.85 bits per heavy atom. The summed E-state index contributed by atoms with van der Waals surface area (Å²) in [7, 11) is 0. The highest BCUT2D eigenvalue weighted by Gasteiger charge is 2.29. The third-order valence-electron chi connectivity index (χ3n) is 7.44. The Morgan fingerprint density at radius 3 is 2.44 bits per heavy atom. The number of rotatable bonds is 10. The highest BCUT2D eigenvalue weighted by Crippen LogP contribution is 2.35. The maximum Gasteiger partial charge on any atom is 0.470 e. The summed E-state index contributed by atoms with van der Waals surface area (Å²) in [5.41, 5.74) is 18.1. The number of allylic oxidation sites excluding steroid dienone is 3. The third kappa shape index (κ3) is 6.04. The van der Waals surface area contributed by atoms with E-state index in [0.717, 1.165) is 61.4 Å². The molecule has 0 spiro atoms. The number of dihydropyridines is 1. The van der Waals surface area contributed by atoms with E-state index in [0.29, 0.717) is 12.1 Å². The molecule has 1 aliphatic rings. The number of nitrogens with zero attached hydrogens (tertiary/aromatic N) is 3. The van der Waals surface area contributed by atoms with Crippen molar-refractivity contribution in [2.24, 2.45) is 5.11 Å². The van der Waals surface area contributed by atoms with Crippen LogP contribution < -0.4 is 10.6 Å². The van der Waals surface area contributed by atoms with Gasteiger partial charge in [-0.3, -0.25) is 10.1 Å². The first kappa shape index (κ1) is 29.2. The topological polar surface area (TPSA) is 125 Å². The van der Waals surface area contributed by atoms with Crippen LogP contribution >= 0.6 is 0 Å². The van der Waals surface area contributed by atoms with Crippen LogP contribution in [-0.4, -0.2) is 28.0 Å². The van der Waals surface area contributed by atoms with E-state index in [1.807, 2.05) is 31.2 Å². The number of benzene rings is 2. The highest BCUT2D eigenvalue weighted by molar-refractivity contribution is 5.98. The van der Waals surface area contributed by atoms with Crippen molar-refractivity contribution in [2.45, 2.75) is 53.1 Å². The van der Waals surface area contributed by atoms with Gasteiger partial charge in [0.1, 0.15) is 4.92 Å². The fourth-order valence-corrected chi connectivity index (χ4v) is 5.32. The first-order chi connectivity index (χ1) is 19.4. The zero-order valence-electron chi connectivity index (χ0n) is 24.2. The zero-order valence-corrected chi connectivity index (χ0v) is 24.2. The van der Waals surface area contributed by atoms with E-state index in [2.05, 4.69) is 85.6 Å². The van der Waals surface area contributed by atoms with Gasteiger partial charge in [-0.15, -0.1) is 0 Å². The van der Waals surface area contributed by atoms with Crippen molar-refractivity contribution in [1.82, 2.24) is 15.2 Å². The molecule has 212 valence electrons. The molecule has 0 saturated carbocycles. The van der Waals surface area contributed by atoms with E-state index in [-0.39, 0.29) is 12.5 Å². The average molecular weight is 553 g/mol. The van der Waals surface area contributed by atoms with Gasteiger partial charge in [0.25, 0.3) is 0 Å². The second-order valence-corrected chi connectivity index (χ2v) is 10.8. The number of fused-ring (bicyclic) bond motifs is 1. The number of aryl methyl sites for hydroxylation is 1. The first-order valence-electron chi connectivity index (χ1n) is 13.5. The van der Waals surface area contributed by atoms with Crippen molar-refractivity contribution in [3.8, 4) is 11.1 Å². The van der Waals surface area contributed by atoms with Gasteiger partial charge < -0.3 is 15.2 Å². The Kier molecular flexibility index (Phi) is 8.37. The molecule has 0 saturated heterocycles. The SMILES string of the molecule is C=C1NC(C)=CC(C)=C1CNC(=C)c1cc(-c2ccc(C[C@@H](N=N)C(=O)[N+](=O)[O-])cc2)cc2c1c(C)cn2C(C)C. The number of nitro groups is 1. The van der Waals surface area contributed by atoms with E-state index < -0.39 is 16.9 Å². The highest BCUT2D eigenvalue weighted by atomic mass is 16.6. The molecule has 0 radical (unpaired) electrons.